The quantitative estimate of drug-likeness (QED) is 0.207. The topological polar surface area (TPSA) is 58.9 Å². The molecule has 0 aliphatic heterocycles. The van der Waals surface area contributed by atoms with Crippen molar-refractivity contribution in [1.82, 2.24) is 0 Å². The van der Waals surface area contributed by atoms with Crippen molar-refractivity contribution in [2.75, 3.05) is 13.7 Å². The smallest absolute Gasteiger partial charge is 0.165 e. The molecule has 2 N–H and O–H groups in total. The molecule has 168 valence electrons. The first-order valence-electron chi connectivity index (χ1n) is 11.3. The van der Waals surface area contributed by atoms with E-state index in [2.05, 4.69) is 30.9 Å². The number of ether oxygens (including phenoxy) is 2. The summed E-state index contributed by atoms with van der Waals surface area (Å²) in [6.45, 7) is 6.00. The number of aromatic hydroxyl groups is 2. The molecule has 0 fully saturated rings. The summed E-state index contributed by atoms with van der Waals surface area (Å²) in [5.41, 5.74) is 0.518. The fourth-order valence-corrected chi connectivity index (χ4v) is 3.35. The molecule has 0 saturated heterocycles. The van der Waals surface area contributed by atoms with E-state index >= 15 is 0 Å². The van der Waals surface area contributed by atoms with Gasteiger partial charge in [0.15, 0.2) is 23.0 Å². The Kier molecular flexibility index (Phi) is 14.1. The summed E-state index contributed by atoms with van der Waals surface area (Å²) in [6.07, 6.45) is 22.7. The van der Waals surface area contributed by atoms with E-state index in [1.54, 1.807) is 0 Å². The Morgan fingerprint density at radius 2 is 1.43 bits per heavy atom. The summed E-state index contributed by atoms with van der Waals surface area (Å²) in [5, 5.41) is 20.7. The lowest BCUT2D eigenvalue weighted by molar-refractivity contribution is 0.306. The van der Waals surface area contributed by atoms with E-state index in [0.29, 0.717) is 30.1 Å². The molecule has 0 bridgehead atoms. The highest BCUT2D eigenvalue weighted by Crippen LogP contribution is 2.43. The van der Waals surface area contributed by atoms with E-state index < -0.39 is 0 Å². The largest absolute Gasteiger partial charge is 0.504 e. The number of unbranched alkanes of at least 4 members (excludes halogenated alkanes) is 7. The van der Waals surface area contributed by atoms with Gasteiger partial charge in [-0.3, -0.25) is 0 Å². The second-order valence-electron chi connectivity index (χ2n) is 7.40. The van der Waals surface area contributed by atoms with Gasteiger partial charge in [-0.25, -0.2) is 0 Å². The second kappa shape index (κ2) is 16.4. The van der Waals surface area contributed by atoms with Crippen molar-refractivity contribution < 1.29 is 19.7 Å². The van der Waals surface area contributed by atoms with Crippen LogP contribution in [0.15, 0.2) is 43.0 Å². The molecule has 1 aromatic carbocycles. The number of hydrogen-bond acceptors (Lipinski definition) is 4. The Morgan fingerprint density at radius 3 is 2.10 bits per heavy atom. The van der Waals surface area contributed by atoms with Crippen LogP contribution >= 0.6 is 0 Å². The molecule has 0 heterocycles. The summed E-state index contributed by atoms with van der Waals surface area (Å²) < 4.78 is 10.7. The maximum Gasteiger partial charge on any atom is 0.165 e. The van der Waals surface area contributed by atoms with Gasteiger partial charge in [0, 0.05) is 11.6 Å². The summed E-state index contributed by atoms with van der Waals surface area (Å²) >= 11 is 0. The van der Waals surface area contributed by atoms with Crippen molar-refractivity contribution in [2.45, 2.75) is 77.6 Å². The molecule has 0 aliphatic carbocycles. The van der Waals surface area contributed by atoms with Gasteiger partial charge < -0.3 is 19.7 Å². The predicted octanol–water partition coefficient (Wildman–Crippen LogP) is 7.25. The van der Waals surface area contributed by atoms with Crippen molar-refractivity contribution in [2.24, 2.45) is 0 Å². The van der Waals surface area contributed by atoms with Gasteiger partial charge >= 0.3 is 0 Å². The van der Waals surface area contributed by atoms with Crippen molar-refractivity contribution >= 4 is 0 Å². The molecule has 0 aliphatic rings. The lowest BCUT2D eigenvalue weighted by atomic mass is 10.0. The van der Waals surface area contributed by atoms with Gasteiger partial charge in [-0.05, 0) is 45.4 Å². The van der Waals surface area contributed by atoms with Crippen molar-refractivity contribution in [3.8, 4) is 23.0 Å². The van der Waals surface area contributed by atoms with Gasteiger partial charge in [0.05, 0.1) is 13.7 Å². The zero-order valence-corrected chi connectivity index (χ0v) is 18.9. The minimum atomic E-state index is 0.0164. The molecule has 4 nitrogen and oxygen atoms in total. The fraction of sp³-hybridized carbons (Fsp3) is 0.538. The standard InChI is InChI=1S/C26H40O4/c1-4-6-7-8-9-10-11-12-13-14-15-16-17-18-19-20-22-25(27)23(29-3)21-24(26(22)28)30-5-2/h4,7-8,10-11,21,27-28H,1,5-6,9,12-20H2,2-3H3/b8-7+,11-10+. The first kappa shape index (κ1) is 25.7. The Morgan fingerprint density at radius 1 is 0.833 bits per heavy atom. The van der Waals surface area contributed by atoms with E-state index in [1.807, 2.05) is 13.0 Å². The Balaban J connectivity index is 2.19. The Bertz CT molecular complexity index is 661. The molecule has 1 aromatic rings. The molecule has 4 heteroatoms. The van der Waals surface area contributed by atoms with Gasteiger partial charge in [0.2, 0.25) is 0 Å². The van der Waals surface area contributed by atoms with Gasteiger partial charge in [-0.2, -0.15) is 0 Å². The van der Waals surface area contributed by atoms with Crippen LogP contribution < -0.4 is 9.47 Å². The summed E-state index contributed by atoms with van der Waals surface area (Å²) in [4.78, 5) is 0. The minimum absolute atomic E-state index is 0.0164. The molecule has 0 aromatic heterocycles. The minimum Gasteiger partial charge on any atom is -0.504 e. The van der Waals surface area contributed by atoms with Crippen molar-refractivity contribution in [3.63, 3.8) is 0 Å². The third-order valence-corrected chi connectivity index (χ3v) is 5.03. The third-order valence-electron chi connectivity index (χ3n) is 5.03. The lowest BCUT2D eigenvalue weighted by Crippen LogP contribution is -1.98. The molecule has 0 spiro atoms. The zero-order valence-electron chi connectivity index (χ0n) is 18.9. The predicted molar refractivity (Wildman–Crippen MR) is 126 cm³/mol. The maximum absolute atomic E-state index is 10.4. The summed E-state index contributed by atoms with van der Waals surface area (Å²) in [5.74, 6) is 0.749. The van der Waals surface area contributed by atoms with E-state index in [9.17, 15) is 10.2 Å². The molecule has 0 radical (unpaired) electrons. The number of phenolic OH excluding ortho intramolecular Hbond substituents is 2. The van der Waals surface area contributed by atoms with Crippen LogP contribution in [0.1, 0.15) is 76.7 Å². The number of phenols is 2. The molecular formula is C26H40O4. The number of rotatable bonds is 17. The third kappa shape index (κ3) is 9.91. The van der Waals surface area contributed by atoms with Crippen molar-refractivity contribution in [1.29, 1.82) is 0 Å². The second-order valence-corrected chi connectivity index (χ2v) is 7.40. The van der Waals surface area contributed by atoms with Crippen LogP contribution in [0.25, 0.3) is 0 Å². The number of benzene rings is 1. The van der Waals surface area contributed by atoms with Gasteiger partial charge in [-0.1, -0.05) is 62.5 Å². The van der Waals surface area contributed by atoms with Crippen molar-refractivity contribution in [3.05, 3.63) is 48.6 Å². The van der Waals surface area contributed by atoms with Gasteiger partial charge in [-0.15, -0.1) is 6.58 Å². The monoisotopic (exact) mass is 416 g/mol. The molecule has 30 heavy (non-hydrogen) atoms. The van der Waals surface area contributed by atoms with Gasteiger partial charge in [0.1, 0.15) is 0 Å². The van der Waals surface area contributed by atoms with E-state index in [1.165, 1.54) is 45.3 Å². The van der Waals surface area contributed by atoms with Crippen LogP contribution in [-0.4, -0.2) is 23.9 Å². The molecule has 0 atom stereocenters. The lowest BCUT2D eigenvalue weighted by Gasteiger charge is -2.15. The number of hydrogen-bond donors (Lipinski definition) is 2. The maximum atomic E-state index is 10.4. The summed E-state index contributed by atoms with van der Waals surface area (Å²) in [7, 11) is 1.50. The Hall–Kier alpha value is -2.36. The highest BCUT2D eigenvalue weighted by Gasteiger charge is 2.18. The average molecular weight is 417 g/mol. The van der Waals surface area contributed by atoms with Crippen LogP contribution in [0.4, 0.5) is 0 Å². The van der Waals surface area contributed by atoms with Crippen LogP contribution in [-0.2, 0) is 6.42 Å². The number of methoxy groups -OCH3 is 1. The molecule has 0 saturated carbocycles. The molecule has 0 amide bonds. The number of allylic oxidation sites excluding steroid dienone is 5. The Labute approximate surface area is 182 Å². The van der Waals surface area contributed by atoms with Crippen LogP contribution in [0, 0.1) is 0 Å². The van der Waals surface area contributed by atoms with Crippen LogP contribution in [0.3, 0.4) is 0 Å². The SMILES string of the molecule is C=CC/C=C/C/C=C/CCCCCCCCCc1c(O)c(OC)cc(OCC)c1O. The first-order valence-corrected chi connectivity index (χ1v) is 11.3. The van der Waals surface area contributed by atoms with Crippen LogP contribution in [0.5, 0.6) is 23.0 Å². The first-order chi connectivity index (χ1) is 14.7. The highest BCUT2D eigenvalue weighted by atomic mass is 16.5. The fourth-order valence-electron chi connectivity index (χ4n) is 3.35. The van der Waals surface area contributed by atoms with E-state index in [-0.39, 0.29) is 11.5 Å². The molecule has 0 unspecified atom stereocenters. The van der Waals surface area contributed by atoms with Crippen LogP contribution in [0.2, 0.25) is 0 Å². The normalized spacial score (nSPS) is 11.4. The molecule has 1 rings (SSSR count). The average Bonchev–Trinajstić information content (AvgIpc) is 2.75. The highest BCUT2D eigenvalue weighted by molar-refractivity contribution is 5.59. The summed E-state index contributed by atoms with van der Waals surface area (Å²) in [6, 6.07) is 1.53. The molecular weight excluding hydrogens is 376 g/mol. The zero-order chi connectivity index (χ0) is 22.0. The van der Waals surface area contributed by atoms with E-state index in [4.69, 9.17) is 9.47 Å². The van der Waals surface area contributed by atoms with E-state index in [0.717, 1.165) is 32.1 Å². The van der Waals surface area contributed by atoms with Gasteiger partial charge in [0.25, 0.3) is 0 Å².